The number of hydrogen-bond acceptors (Lipinski definition) is 3. The van der Waals surface area contributed by atoms with Crippen LogP contribution in [0.5, 0.6) is 5.75 Å². The third-order valence-electron chi connectivity index (χ3n) is 3.03. The summed E-state index contributed by atoms with van der Waals surface area (Å²) in [7, 11) is 0. The Balaban J connectivity index is 1.91. The van der Waals surface area contributed by atoms with E-state index in [0.29, 0.717) is 12.6 Å². The molecule has 0 bridgehead atoms. The standard InChI is InChI=1S/C15H23NO2/c1-12(2)16-14-8-3-4-9-15(14)18-11-13-7-5-6-10-17-13/h3-4,8-9,12-13,16H,5-7,10-11H2,1-2H3. The predicted octanol–water partition coefficient (Wildman–Crippen LogP) is 3.45. The van der Waals surface area contributed by atoms with Crippen LogP contribution in [0.25, 0.3) is 0 Å². The molecule has 1 heterocycles. The van der Waals surface area contributed by atoms with E-state index in [0.717, 1.165) is 24.5 Å². The fourth-order valence-electron chi connectivity index (χ4n) is 2.14. The normalized spacial score (nSPS) is 19.8. The molecule has 0 aliphatic carbocycles. The maximum atomic E-state index is 5.89. The molecule has 2 rings (SSSR count). The van der Waals surface area contributed by atoms with Gasteiger partial charge in [0.15, 0.2) is 0 Å². The second-order valence-electron chi connectivity index (χ2n) is 5.09. The zero-order valence-corrected chi connectivity index (χ0v) is 11.3. The van der Waals surface area contributed by atoms with Crippen LogP contribution in [0.4, 0.5) is 5.69 Å². The van der Waals surface area contributed by atoms with Crippen LogP contribution in [0.3, 0.4) is 0 Å². The summed E-state index contributed by atoms with van der Waals surface area (Å²) in [5.74, 6) is 0.917. The van der Waals surface area contributed by atoms with Gasteiger partial charge in [-0.05, 0) is 45.2 Å². The number of ether oxygens (including phenoxy) is 2. The Morgan fingerprint density at radius 2 is 2.17 bits per heavy atom. The van der Waals surface area contributed by atoms with Crippen LogP contribution in [-0.4, -0.2) is 25.4 Å². The third kappa shape index (κ3) is 3.91. The van der Waals surface area contributed by atoms with Crippen molar-refractivity contribution in [2.75, 3.05) is 18.5 Å². The second-order valence-corrected chi connectivity index (χ2v) is 5.09. The smallest absolute Gasteiger partial charge is 0.142 e. The first-order valence-electron chi connectivity index (χ1n) is 6.85. The Morgan fingerprint density at radius 3 is 2.89 bits per heavy atom. The summed E-state index contributed by atoms with van der Waals surface area (Å²) < 4.78 is 11.6. The van der Waals surface area contributed by atoms with E-state index in [-0.39, 0.29) is 6.10 Å². The molecule has 0 saturated carbocycles. The van der Waals surface area contributed by atoms with E-state index in [4.69, 9.17) is 9.47 Å². The van der Waals surface area contributed by atoms with Crippen molar-refractivity contribution < 1.29 is 9.47 Å². The minimum atomic E-state index is 0.255. The maximum absolute atomic E-state index is 5.89. The van der Waals surface area contributed by atoms with Crippen LogP contribution in [0.15, 0.2) is 24.3 Å². The van der Waals surface area contributed by atoms with E-state index >= 15 is 0 Å². The van der Waals surface area contributed by atoms with Crippen LogP contribution >= 0.6 is 0 Å². The van der Waals surface area contributed by atoms with Gasteiger partial charge >= 0.3 is 0 Å². The fraction of sp³-hybridized carbons (Fsp3) is 0.600. The van der Waals surface area contributed by atoms with Crippen LogP contribution in [0.2, 0.25) is 0 Å². The Labute approximate surface area is 109 Å². The fourth-order valence-corrected chi connectivity index (χ4v) is 2.14. The number of hydrogen-bond donors (Lipinski definition) is 1. The molecular weight excluding hydrogens is 226 g/mol. The Morgan fingerprint density at radius 1 is 1.33 bits per heavy atom. The number of anilines is 1. The first-order valence-corrected chi connectivity index (χ1v) is 6.85. The lowest BCUT2D eigenvalue weighted by molar-refractivity contribution is -0.0109. The SMILES string of the molecule is CC(C)Nc1ccccc1OCC1CCCCO1. The molecule has 1 aromatic carbocycles. The van der Waals surface area contributed by atoms with Crippen molar-refractivity contribution in [2.24, 2.45) is 0 Å². The first-order chi connectivity index (χ1) is 8.75. The van der Waals surface area contributed by atoms with Crippen molar-refractivity contribution >= 4 is 5.69 Å². The van der Waals surface area contributed by atoms with Gasteiger partial charge in [0.1, 0.15) is 12.4 Å². The Bertz CT molecular complexity index is 359. The molecule has 0 amide bonds. The van der Waals surface area contributed by atoms with Gasteiger partial charge in [-0.25, -0.2) is 0 Å². The summed E-state index contributed by atoms with van der Waals surface area (Å²) in [6, 6.07) is 8.49. The van der Waals surface area contributed by atoms with Gasteiger partial charge in [0.25, 0.3) is 0 Å². The van der Waals surface area contributed by atoms with Crippen molar-refractivity contribution in [3.8, 4) is 5.75 Å². The average Bonchev–Trinajstić information content (AvgIpc) is 2.38. The number of para-hydroxylation sites is 2. The summed E-state index contributed by atoms with van der Waals surface area (Å²) in [6.45, 7) is 5.78. The van der Waals surface area contributed by atoms with Crippen molar-refractivity contribution in [1.82, 2.24) is 0 Å². The highest BCUT2D eigenvalue weighted by Crippen LogP contribution is 2.25. The molecule has 1 aliphatic heterocycles. The van der Waals surface area contributed by atoms with Crippen LogP contribution in [0.1, 0.15) is 33.1 Å². The second kappa shape index (κ2) is 6.64. The Hall–Kier alpha value is -1.22. The summed E-state index contributed by atoms with van der Waals surface area (Å²) >= 11 is 0. The molecule has 0 radical (unpaired) electrons. The number of nitrogens with one attached hydrogen (secondary N) is 1. The van der Waals surface area contributed by atoms with Crippen LogP contribution in [0, 0.1) is 0 Å². The van der Waals surface area contributed by atoms with E-state index in [1.54, 1.807) is 0 Å². The van der Waals surface area contributed by atoms with Crippen LogP contribution < -0.4 is 10.1 Å². The van der Waals surface area contributed by atoms with E-state index in [1.165, 1.54) is 12.8 Å². The number of rotatable bonds is 5. The minimum absolute atomic E-state index is 0.255. The molecule has 18 heavy (non-hydrogen) atoms. The van der Waals surface area contributed by atoms with E-state index in [2.05, 4.69) is 25.2 Å². The van der Waals surface area contributed by atoms with E-state index < -0.39 is 0 Å². The molecule has 3 nitrogen and oxygen atoms in total. The zero-order chi connectivity index (χ0) is 12.8. The monoisotopic (exact) mass is 249 g/mol. The molecule has 3 heteroatoms. The van der Waals surface area contributed by atoms with Crippen LogP contribution in [-0.2, 0) is 4.74 Å². The maximum Gasteiger partial charge on any atom is 0.142 e. The highest BCUT2D eigenvalue weighted by Gasteiger charge is 2.15. The van der Waals surface area contributed by atoms with Crippen molar-refractivity contribution in [1.29, 1.82) is 0 Å². The lowest BCUT2D eigenvalue weighted by Crippen LogP contribution is -2.26. The van der Waals surface area contributed by atoms with Gasteiger partial charge in [0.05, 0.1) is 11.8 Å². The van der Waals surface area contributed by atoms with Gasteiger partial charge in [-0.2, -0.15) is 0 Å². The van der Waals surface area contributed by atoms with E-state index in [9.17, 15) is 0 Å². The van der Waals surface area contributed by atoms with Gasteiger partial charge < -0.3 is 14.8 Å². The molecule has 100 valence electrons. The lowest BCUT2D eigenvalue weighted by atomic mass is 10.1. The molecule has 0 spiro atoms. The summed E-state index contributed by atoms with van der Waals surface area (Å²) in [4.78, 5) is 0. The zero-order valence-electron chi connectivity index (χ0n) is 11.3. The highest BCUT2D eigenvalue weighted by atomic mass is 16.5. The topological polar surface area (TPSA) is 30.5 Å². The molecule has 0 aromatic heterocycles. The molecule has 1 N–H and O–H groups in total. The predicted molar refractivity (Wildman–Crippen MR) is 74.3 cm³/mol. The summed E-state index contributed by atoms with van der Waals surface area (Å²) in [5, 5.41) is 3.40. The molecular formula is C15H23NO2. The van der Waals surface area contributed by atoms with Gasteiger partial charge in [0.2, 0.25) is 0 Å². The van der Waals surface area contributed by atoms with Gasteiger partial charge in [0, 0.05) is 12.6 Å². The first kappa shape index (κ1) is 13.2. The third-order valence-corrected chi connectivity index (χ3v) is 3.03. The van der Waals surface area contributed by atoms with Crippen molar-refractivity contribution in [3.05, 3.63) is 24.3 Å². The molecule has 1 unspecified atom stereocenters. The minimum Gasteiger partial charge on any atom is -0.489 e. The largest absolute Gasteiger partial charge is 0.489 e. The van der Waals surface area contributed by atoms with Gasteiger partial charge in [-0.15, -0.1) is 0 Å². The average molecular weight is 249 g/mol. The van der Waals surface area contributed by atoms with Gasteiger partial charge in [-0.3, -0.25) is 0 Å². The molecule has 1 aromatic rings. The Kier molecular flexibility index (Phi) is 4.88. The lowest BCUT2D eigenvalue weighted by Gasteiger charge is -2.23. The molecule has 1 aliphatic rings. The molecule has 1 atom stereocenters. The molecule has 1 saturated heterocycles. The van der Waals surface area contributed by atoms with Crippen molar-refractivity contribution in [3.63, 3.8) is 0 Å². The van der Waals surface area contributed by atoms with Crippen molar-refractivity contribution in [2.45, 2.75) is 45.3 Å². The molecule has 1 fully saturated rings. The quantitative estimate of drug-likeness (QED) is 0.867. The number of benzene rings is 1. The van der Waals surface area contributed by atoms with E-state index in [1.807, 2.05) is 18.2 Å². The summed E-state index contributed by atoms with van der Waals surface area (Å²) in [5.41, 5.74) is 1.06. The highest BCUT2D eigenvalue weighted by molar-refractivity contribution is 5.56. The van der Waals surface area contributed by atoms with Gasteiger partial charge in [-0.1, -0.05) is 12.1 Å². The summed E-state index contributed by atoms with van der Waals surface area (Å²) in [6.07, 6.45) is 3.80.